The lowest BCUT2D eigenvalue weighted by atomic mass is 9.94. The van der Waals surface area contributed by atoms with Crippen LogP contribution in [0.15, 0.2) is 121 Å². The fraction of sp³-hybridized carbons (Fsp3) is 0.286. The van der Waals surface area contributed by atoms with Gasteiger partial charge in [-0.05, 0) is 75.0 Å². The molecule has 6 aromatic carbocycles. The predicted octanol–water partition coefficient (Wildman–Crippen LogP) is 7.51. The van der Waals surface area contributed by atoms with Gasteiger partial charge in [-0.15, -0.1) is 0 Å². The van der Waals surface area contributed by atoms with Crippen molar-refractivity contribution in [3.8, 4) is 22.3 Å². The van der Waals surface area contributed by atoms with E-state index in [1.165, 1.54) is 12.1 Å². The quantitative estimate of drug-likeness (QED) is 0.0203. The Balaban J connectivity index is 0.000000213. The van der Waals surface area contributed by atoms with Crippen LogP contribution in [0, 0.1) is 46.7 Å². The van der Waals surface area contributed by atoms with E-state index in [0.29, 0.717) is 31.6 Å². The zero-order valence-corrected chi connectivity index (χ0v) is 39.5. The van der Waals surface area contributed by atoms with Crippen molar-refractivity contribution in [1.29, 1.82) is 0 Å². The summed E-state index contributed by atoms with van der Waals surface area (Å²) < 4.78 is 94.5. The van der Waals surface area contributed by atoms with Gasteiger partial charge in [0.05, 0.1) is 37.8 Å². The number of benzene rings is 6. The lowest BCUT2D eigenvalue weighted by Gasteiger charge is -2.19. The van der Waals surface area contributed by atoms with E-state index >= 15 is 0 Å². The minimum absolute atomic E-state index is 0.0381. The molecule has 10 nitrogen and oxygen atoms in total. The summed E-state index contributed by atoms with van der Waals surface area (Å²) in [5.74, 6) is -15.6. The molecule has 0 aliphatic heterocycles. The van der Waals surface area contributed by atoms with Gasteiger partial charge in [-0.2, -0.15) is 0 Å². The van der Waals surface area contributed by atoms with Crippen molar-refractivity contribution in [3.63, 3.8) is 0 Å². The number of hydrogen-bond donors (Lipinski definition) is 4. The third kappa shape index (κ3) is 12.4. The number of esters is 2. The van der Waals surface area contributed by atoms with E-state index in [-0.39, 0.29) is 56.2 Å². The first-order valence-corrected chi connectivity index (χ1v) is 23.9. The lowest BCUT2D eigenvalue weighted by molar-refractivity contribution is -0.368. The smallest absolute Gasteiger partial charge is 0.306 e. The van der Waals surface area contributed by atoms with Crippen molar-refractivity contribution in [3.05, 3.63) is 190 Å². The molecular weight excluding hydrogens is 939 g/mol. The number of rotatable bonds is 20. The van der Waals surface area contributed by atoms with Crippen LogP contribution >= 0.6 is 0 Å². The summed E-state index contributed by atoms with van der Waals surface area (Å²) in [7, 11) is 0. The number of amides is 2. The maximum absolute atomic E-state index is 14.3. The van der Waals surface area contributed by atoms with Gasteiger partial charge >= 0.3 is 11.9 Å². The standard InChI is InChI=1S/C28H25F5N2O3.C28H29FN2O3/c29-23-20(24(30)26(32)27(33)25(23)31)12-15(28(37)35-11-5-10-34)13-22(36)38-14-21-18-8-3-1-6-16(18)17-7-2-4-9-19(17)21;29-21-8-5-7-19(16-21)15-20(28(33)31-14-6-13-30)17-27(32)34-18-26-24-11-3-1-9-22(24)23-10-2-4-12-25(23)26/h1-4,6-9,15,21H,5,10-14,34H2,(H,35,37);1-5,7-12,16,20,26H,6,13-15,17-18,30H2,(H,31,33)/p+2. The molecule has 2 aliphatic rings. The van der Waals surface area contributed by atoms with Crippen molar-refractivity contribution in [1.82, 2.24) is 10.6 Å². The minimum Gasteiger partial charge on any atom is -0.465 e. The van der Waals surface area contributed by atoms with Gasteiger partial charge in [0.2, 0.25) is 17.6 Å². The number of carbonyl (C=O) groups is 4. The largest absolute Gasteiger partial charge is 0.465 e. The van der Waals surface area contributed by atoms with E-state index in [1.807, 2.05) is 72.8 Å². The van der Waals surface area contributed by atoms with Crippen molar-refractivity contribution in [2.75, 3.05) is 39.4 Å². The van der Waals surface area contributed by atoms with E-state index in [0.717, 1.165) is 50.9 Å². The van der Waals surface area contributed by atoms with E-state index in [9.17, 15) is 45.5 Å². The fourth-order valence-corrected chi connectivity index (χ4v) is 9.25. The molecule has 0 spiro atoms. The molecule has 0 saturated heterocycles. The van der Waals surface area contributed by atoms with Crippen LogP contribution in [0.25, 0.3) is 22.3 Å². The predicted molar refractivity (Wildman–Crippen MR) is 256 cm³/mol. The molecule has 0 heterocycles. The van der Waals surface area contributed by atoms with Crippen LogP contribution in [0.5, 0.6) is 0 Å². The average molecular weight is 995 g/mol. The van der Waals surface area contributed by atoms with Crippen molar-refractivity contribution in [2.24, 2.45) is 11.8 Å². The Hall–Kier alpha value is -7.30. The molecule has 0 radical (unpaired) electrons. The van der Waals surface area contributed by atoms with Crippen molar-refractivity contribution in [2.45, 2.75) is 50.4 Å². The Morgan fingerprint density at radius 2 is 0.861 bits per heavy atom. The molecule has 8 rings (SSSR count). The highest BCUT2D eigenvalue weighted by Gasteiger charge is 2.34. The maximum atomic E-state index is 14.3. The molecule has 2 atom stereocenters. The second-order valence-corrected chi connectivity index (χ2v) is 17.7. The highest BCUT2D eigenvalue weighted by molar-refractivity contribution is 5.85. The summed E-state index contributed by atoms with van der Waals surface area (Å²) in [6.07, 6.45) is -0.0614. The Bertz CT molecular complexity index is 2800. The maximum Gasteiger partial charge on any atom is 0.306 e. The first kappa shape index (κ1) is 52.5. The monoisotopic (exact) mass is 994 g/mol. The van der Waals surface area contributed by atoms with E-state index in [2.05, 4.69) is 46.4 Å². The van der Waals surface area contributed by atoms with E-state index < -0.39 is 77.2 Å². The van der Waals surface area contributed by atoms with Gasteiger partial charge in [-0.25, -0.2) is 26.3 Å². The van der Waals surface area contributed by atoms with Crippen LogP contribution in [0.1, 0.15) is 70.9 Å². The number of quaternary nitrogens is 2. The molecule has 72 heavy (non-hydrogen) atoms. The SMILES string of the molecule is [NH3+]CCCNC(=O)C(CC(=O)OCC1c2ccccc2-c2ccccc21)Cc1c(F)c(F)c(F)c(F)c1F.[NH3+]CCCNC(=O)C(CC(=O)OCC1c2ccccc2-c2ccccc21)Cc1cccc(F)c1. The molecule has 2 aliphatic carbocycles. The molecule has 376 valence electrons. The molecule has 0 saturated carbocycles. The normalized spacial score (nSPS) is 13.1. The molecule has 2 unspecified atom stereocenters. The van der Waals surface area contributed by atoms with Gasteiger partial charge in [-0.3, -0.25) is 19.2 Å². The molecule has 0 bridgehead atoms. The lowest BCUT2D eigenvalue weighted by Crippen LogP contribution is -2.51. The van der Waals surface area contributed by atoms with Crippen LogP contribution in [-0.4, -0.2) is 63.1 Å². The second kappa shape index (κ2) is 24.7. The second-order valence-electron chi connectivity index (χ2n) is 17.7. The van der Waals surface area contributed by atoms with Gasteiger partial charge in [0.25, 0.3) is 0 Å². The van der Waals surface area contributed by atoms with Crippen LogP contribution in [0.4, 0.5) is 26.3 Å². The highest BCUT2D eigenvalue weighted by Crippen LogP contribution is 2.46. The Morgan fingerprint density at radius 3 is 1.25 bits per heavy atom. The van der Waals surface area contributed by atoms with E-state index in [1.54, 1.807) is 12.1 Å². The van der Waals surface area contributed by atoms with Crippen molar-refractivity contribution >= 4 is 23.8 Å². The average Bonchev–Trinajstić information content (AvgIpc) is 3.89. The van der Waals surface area contributed by atoms with Gasteiger partial charge in [-0.1, -0.05) is 109 Å². The summed E-state index contributed by atoms with van der Waals surface area (Å²) in [6, 6.07) is 37.8. The minimum atomic E-state index is -2.29. The molecular formula is C56H56F6N4O6+2. The Labute approximate surface area is 413 Å². The topological polar surface area (TPSA) is 166 Å². The van der Waals surface area contributed by atoms with Crippen LogP contribution in [0.2, 0.25) is 0 Å². The molecule has 6 aromatic rings. The third-order valence-corrected chi connectivity index (χ3v) is 12.9. The summed E-state index contributed by atoms with van der Waals surface area (Å²) in [5, 5.41) is 5.39. The van der Waals surface area contributed by atoms with E-state index in [4.69, 9.17) is 9.47 Å². The number of halogens is 6. The van der Waals surface area contributed by atoms with Gasteiger partial charge in [0, 0.05) is 43.3 Å². The summed E-state index contributed by atoms with van der Waals surface area (Å²) >= 11 is 0. The van der Waals surface area contributed by atoms with Crippen molar-refractivity contribution < 1.29 is 66.5 Å². The third-order valence-electron chi connectivity index (χ3n) is 12.9. The molecule has 2 amide bonds. The number of hydrogen-bond acceptors (Lipinski definition) is 6. The number of nitrogens with one attached hydrogen (secondary N) is 2. The fourth-order valence-electron chi connectivity index (χ4n) is 9.25. The number of carbonyl (C=O) groups excluding carboxylic acids is 4. The highest BCUT2D eigenvalue weighted by atomic mass is 19.2. The zero-order valence-electron chi connectivity index (χ0n) is 39.5. The summed E-state index contributed by atoms with van der Waals surface area (Å²) in [4.78, 5) is 51.2. The van der Waals surface area contributed by atoms with Gasteiger partial charge in [0.15, 0.2) is 23.3 Å². The summed E-state index contributed by atoms with van der Waals surface area (Å²) in [5.41, 5.74) is 15.5. The molecule has 8 N–H and O–H groups in total. The van der Waals surface area contributed by atoms with Crippen LogP contribution in [0.3, 0.4) is 0 Å². The molecule has 0 fully saturated rings. The molecule has 16 heteroatoms. The Morgan fingerprint density at radius 1 is 0.486 bits per heavy atom. The number of fused-ring (bicyclic) bond motifs is 6. The van der Waals surface area contributed by atoms with Crippen LogP contribution < -0.4 is 22.1 Å². The summed E-state index contributed by atoms with van der Waals surface area (Å²) in [6.45, 7) is 2.03. The first-order valence-electron chi connectivity index (χ1n) is 23.9. The number of ether oxygens (including phenoxy) is 2. The van der Waals surface area contributed by atoms with Gasteiger partial charge < -0.3 is 31.6 Å². The zero-order chi connectivity index (χ0) is 51.3. The van der Waals surface area contributed by atoms with Gasteiger partial charge in [0.1, 0.15) is 19.0 Å². The van der Waals surface area contributed by atoms with Crippen LogP contribution in [-0.2, 0) is 41.5 Å². The Kier molecular flexibility index (Phi) is 18.0. The molecule has 0 aromatic heterocycles. The first-order chi connectivity index (χ1) is 34.8.